The summed E-state index contributed by atoms with van der Waals surface area (Å²) < 4.78 is 0. The van der Waals surface area contributed by atoms with Crippen LogP contribution in [0.15, 0.2) is 0 Å². The van der Waals surface area contributed by atoms with E-state index < -0.39 is 12.1 Å². The van der Waals surface area contributed by atoms with Crippen LogP contribution in [0.3, 0.4) is 0 Å². The molecular formula is C11H20N2O4. The standard InChI is InChI=1S/C11H20N2O4/c1-2-7-3-4-12-8(5-7)10(15)13-6-9(14)11(16)17/h7-9,12,14H,2-6H2,1H3,(H,13,15)(H,16,17)/t7?,8?,9-/m0/s1. The van der Waals surface area contributed by atoms with E-state index in [9.17, 15) is 9.59 Å². The molecule has 0 bridgehead atoms. The highest BCUT2D eigenvalue weighted by Crippen LogP contribution is 2.19. The predicted octanol–water partition coefficient (Wildman–Crippen LogP) is -0.674. The van der Waals surface area contributed by atoms with Crippen molar-refractivity contribution in [2.24, 2.45) is 5.92 Å². The van der Waals surface area contributed by atoms with Crippen LogP contribution in [0, 0.1) is 5.92 Å². The maximum absolute atomic E-state index is 11.7. The summed E-state index contributed by atoms with van der Waals surface area (Å²) in [6, 6.07) is -0.269. The summed E-state index contributed by atoms with van der Waals surface area (Å²) in [5.74, 6) is -1.02. The van der Waals surface area contributed by atoms with Gasteiger partial charge in [0.2, 0.25) is 5.91 Å². The molecule has 1 amide bonds. The quantitative estimate of drug-likeness (QED) is 0.514. The van der Waals surface area contributed by atoms with Gasteiger partial charge in [-0.3, -0.25) is 4.79 Å². The van der Waals surface area contributed by atoms with Gasteiger partial charge in [-0.25, -0.2) is 4.79 Å². The van der Waals surface area contributed by atoms with Crippen LogP contribution in [0.4, 0.5) is 0 Å². The highest BCUT2D eigenvalue weighted by Gasteiger charge is 2.26. The molecule has 6 heteroatoms. The molecule has 4 N–H and O–H groups in total. The predicted molar refractivity (Wildman–Crippen MR) is 61.5 cm³/mol. The van der Waals surface area contributed by atoms with Gasteiger partial charge in [0.1, 0.15) is 0 Å². The van der Waals surface area contributed by atoms with E-state index in [0.29, 0.717) is 5.92 Å². The van der Waals surface area contributed by atoms with Gasteiger partial charge in [0.25, 0.3) is 0 Å². The van der Waals surface area contributed by atoms with Crippen molar-refractivity contribution in [2.45, 2.75) is 38.3 Å². The number of carbonyl (C=O) groups excluding carboxylic acids is 1. The lowest BCUT2D eigenvalue weighted by Crippen LogP contribution is -2.50. The number of aliphatic carboxylic acids is 1. The fraction of sp³-hybridized carbons (Fsp3) is 0.818. The number of aliphatic hydroxyl groups excluding tert-OH is 1. The third-order valence-corrected chi connectivity index (χ3v) is 3.16. The largest absolute Gasteiger partial charge is 0.479 e. The Morgan fingerprint density at radius 1 is 1.53 bits per heavy atom. The summed E-state index contributed by atoms with van der Waals surface area (Å²) in [6.07, 6.45) is 1.34. The molecule has 0 aromatic heterocycles. The van der Waals surface area contributed by atoms with Crippen molar-refractivity contribution in [3.63, 3.8) is 0 Å². The molecule has 1 aliphatic rings. The zero-order valence-electron chi connectivity index (χ0n) is 9.98. The van der Waals surface area contributed by atoms with Crippen LogP contribution in [-0.4, -0.2) is 47.3 Å². The van der Waals surface area contributed by atoms with Gasteiger partial charge in [0, 0.05) is 0 Å². The average Bonchev–Trinajstić information content (AvgIpc) is 2.35. The molecular weight excluding hydrogens is 224 g/mol. The van der Waals surface area contributed by atoms with Crippen LogP contribution in [0.1, 0.15) is 26.2 Å². The second kappa shape index (κ2) is 6.56. The molecule has 17 heavy (non-hydrogen) atoms. The van der Waals surface area contributed by atoms with Crippen molar-refractivity contribution < 1.29 is 19.8 Å². The summed E-state index contributed by atoms with van der Waals surface area (Å²) in [5.41, 5.74) is 0. The van der Waals surface area contributed by atoms with Crippen molar-refractivity contribution >= 4 is 11.9 Å². The lowest BCUT2D eigenvalue weighted by molar-refractivity contribution is -0.146. The molecule has 0 radical (unpaired) electrons. The third-order valence-electron chi connectivity index (χ3n) is 3.16. The number of carboxylic acids is 1. The number of amides is 1. The minimum absolute atomic E-state index is 0.233. The Balaban J connectivity index is 2.34. The van der Waals surface area contributed by atoms with Crippen LogP contribution in [-0.2, 0) is 9.59 Å². The molecule has 6 nitrogen and oxygen atoms in total. The minimum Gasteiger partial charge on any atom is -0.479 e. The SMILES string of the molecule is CCC1CCNC(C(=O)NC[C@H](O)C(=O)O)C1. The topological polar surface area (TPSA) is 98.7 Å². The molecule has 98 valence electrons. The molecule has 0 saturated carbocycles. The minimum atomic E-state index is -1.54. The normalized spacial score (nSPS) is 26.2. The second-order valence-corrected chi connectivity index (χ2v) is 4.40. The summed E-state index contributed by atoms with van der Waals surface area (Å²) in [7, 11) is 0. The van der Waals surface area contributed by atoms with Crippen LogP contribution in [0.5, 0.6) is 0 Å². The molecule has 2 unspecified atom stereocenters. The first kappa shape index (κ1) is 13.9. The number of rotatable bonds is 5. The molecule has 1 rings (SSSR count). The molecule has 1 aliphatic heterocycles. The monoisotopic (exact) mass is 244 g/mol. The van der Waals surface area contributed by atoms with Gasteiger partial charge >= 0.3 is 5.97 Å². The van der Waals surface area contributed by atoms with Crippen LogP contribution < -0.4 is 10.6 Å². The number of carbonyl (C=O) groups is 2. The van der Waals surface area contributed by atoms with E-state index in [4.69, 9.17) is 10.2 Å². The zero-order valence-corrected chi connectivity index (χ0v) is 9.98. The number of hydrogen-bond donors (Lipinski definition) is 4. The van der Waals surface area contributed by atoms with Crippen molar-refractivity contribution in [3.8, 4) is 0 Å². The maximum atomic E-state index is 11.7. The molecule has 1 fully saturated rings. The smallest absolute Gasteiger partial charge is 0.334 e. The Morgan fingerprint density at radius 2 is 2.24 bits per heavy atom. The van der Waals surface area contributed by atoms with E-state index in [1.807, 2.05) is 0 Å². The summed E-state index contributed by atoms with van der Waals surface area (Å²) in [6.45, 7) is 2.65. The Labute approximate surface area is 100 Å². The molecule has 0 aromatic carbocycles. The summed E-state index contributed by atoms with van der Waals surface area (Å²) in [5, 5.41) is 23.0. The van der Waals surface area contributed by atoms with E-state index in [0.717, 1.165) is 25.8 Å². The number of piperidine rings is 1. The molecule has 1 saturated heterocycles. The molecule has 0 aromatic rings. The van der Waals surface area contributed by atoms with Gasteiger partial charge in [0.05, 0.1) is 12.6 Å². The van der Waals surface area contributed by atoms with Crippen molar-refractivity contribution in [1.82, 2.24) is 10.6 Å². The Bertz CT molecular complexity index is 283. The molecule has 0 aliphatic carbocycles. The average molecular weight is 244 g/mol. The van der Waals surface area contributed by atoms with Crippen molar-refractivity contribution in [1.29, 1.82) is 0 Å². The first-order valence-electron chi connectivity index (χ1n) is 5.96. The van der Waals surface area contributed by atoms with Gasteiger partial charge in [0.15, 0.2) is 6.10 Å². The van der Waals surface area contributed by atoms with Gasteiger partial charge < -0.3 is 20.8 Å². The summed E-state index contributed by atoms with van der Waals surface area (Å²) >= 11 is 0. The van der Waals surface area contributed by atoms with E-state index >= 15 is 0 Å². The Hall–Kier alpha value is -1.14. The molecule has 0 spiro atoms. The Kier molecular flexibility index (Phi) is 5.37. The van der Waals surface area contributed by atoms with Gasteiger partial charge in [-0.1, -0.05) is 13.3 Å². The first-order valence-corrected chi connectivity index (χ1v) is 5.96. The zero-order chi connectivity index (χ0) is 12.8. The van der Waals surface area contributed by atoms with Crippen molar-refractivity contribution in [3.05, 3.63) is 0 Å². The third kappa shape index (κ3) is 4.32. The van der Waals surface area contributed by atoms with Crippen LogP contribution in [0.25, 0.3) is 0 Å². The van der Waals surface area contributed by atoms with Gasteiger partial charge in [-0.05, 0) is 25.3 Å². The van der Waals surface area contributed by atoms with Gasteiger partial charge in [-0.15, -0.1) is 0 Å². The van der Waals surface area contributed by atoms with Crippen LogP contribution in [0.2, 0.25) is 0 Å². The second-order valence-electron chi connectivity index (χ2n) is 4.40. The lowest BCUT2D eigenvalue weighted by Gasteiger charge is -2.28. The lowest BCUT2D eigenvalue weighted by atomic mass is 9.90. The maximum Gasteiger partial charge on any atom is 0.334 e. The number of carboxylic acid groups (broad SMARTS) is 1. The van der Waals surface area contributed by atoms with E-state index in [1.54, 1.807) is 0 Å². The highest BCUT2D eigenvalue weighted by molar-refractivity contribution is 5.82. The molecule has 3 atom stereocenters. The van der Waals surface area contributed by atoms with Crippen LogP contribution >= 0.6 is 0 Å². The van der Waals surface area contributed by atoms with E-state index in [1.165, 1.54) is 0 Å². The summed E-state index contributed by atoms with van der Waals surface area (Å²) in [4.78, 5) is 22.1. The number of nitrogens with one attached hydrogen (secondary N) is 2. The number of aliphatic hydroxyl groups is 1. The highest BCUT2D eigenvalue weighted by atomic mass is 16.4. The van der Waals surface area contributed by atoms with E-state index in [2.05, 4.69) is 17.6 Å². The molecule has 1 heterocycles. The first-order chi connectivity index (χ1) is 8.04. The Morgan fingerprint density at radius 3 is 2.82 bits per heavy atom. The van der Waals surface area contributed by atoms with E-state index in [-0.39, 0.29) is 18.5 Å². The number of hydrogen-bond acceptors (Lipinski definition) is 4. The fourth-order valence-electron chi connectivity index (χ4n) is 1.97. The van der Waals surface area contributed by atoms with Gasteiger partial charge in [-0.2, -0.15) is 0 Å². The fourth-order valence-corrected chi connectivity index (χ4v) is 1.97. The van der Waals surface area contributed by atoms with Crippen molar-refractivity contribution in [2.75, 3.05) is 13.1 Å².